The van der Waals surface area contributed by atoms with E-state index >= 15 is 0 Å². The Labute approximate surface area is 147 Å². The summed E-state index contributed by atoms with van der Waals surface area (Å²) < 4.78 is 0. The van der Waals surface area contributed by atoms with Crippen LogP contribution in [0.5, 0.6) is 0 Å². The number of hydrogen-bond donors (Lipinski definition) is 2. The lowest BCUT2D eigenvalue weighted by Crippen LogP contribution is -2.51. The highest BCUT2D eigenvalue weighted by Gasteiger charge is 2.25. The molecule has 0 aliphatic carbocycles. The average Bonchev–Trinajstić information content (AvgIpc) is 2.56. The molecule has 0 spiro atoms. The van der Waals surface area contributed by atoms with Crippen molar-refractivity contribution in [2.24, 2.45) is 10.9 Å². The third-order valence-corrected chi connectivity index (χ3v) is 4.54. The van der Waals surface area contributed by atoms with Crippen molar-refractivity contribution in [3.05, 3.63) is 35.9 Å². The van der Waals surface area contributed by atoms with E-state index in [9.17, 15) is 0 Å². The lowest BCUT2D eigenvalue weighted by Gasteiger charge is -2.38. The first-order valence-electron chi connectivity index (χ1n) is 9.41. The first-order valence-corrected chi connectivity index (χ1v) is 9.41. The van der Waals surface area contributed by atoms with Crippen molar-refractivity contribution in [3.8, 4) is 0 Å². The number of hydrogen-bond acceptors (Lipinski definition) is 2. The number of aliphatic imine (C=N–C) groups is 1. The fourth-order valence-corrected chi connectivity index (χ4v) is 3.19. The third-order valence-electron chi connectivity index (χ3n) is 4.54. The molecule has 0 saturated carbocycles. The van der Waals surface area contributed by atoms with Crippen LogP contribution in [0.2, 0.25) is 0 Å². The van der Waals surface area contributed by atoms with Crippen molar-refractivity contribution in [3.63, 3.8) is 0 Å². The molecule has 1 aliphatic rings. The van der Waals surface area contributed by atoms with E-state index in [0.29, 0.717) is 18.0 Å². The molecule has 1 aromatic rings. The van der Waals surface area contributed by atoms with Crippen LogP contribution in [0.3, 0.4) is 0 Å². The van der Waals surface area contributed by atoms with Crippen molar-refractivity contribution in [1.29, 1.82) is 0 Å². The number of likely N-dealkylation sites (tertiary alicyclic amines) is 1. The molecule has 4 nitrogen and oxygen atoms in total. The predicted octanol–water partition coefficient (Wildman–Crippen LogP) is 3.25. The second-order valence-electron chi connectivity index (χ2n) is 7.28. The number of nitrogens with one attached hydrogen (secondary N) is 2. The molecule has 0 radical (unpaired) electrons. The van der Waals surface area contributed by atoms with Gasteiger partial charge in [-0.15, -0.1) is 0 Å². The average molecular weight is 331 g/mol. The number of guanidine groups is 1. The summed E-state index contributed by atoms with van der Waals surface area (Å²) in [7, 11) is 0. The molecule has 1 aliphatic heterocycles. The molecule has 24 heavy (non-hydrogen) atoms. The minimum atomic E-state index is 0.511. The summed E-state index contributed by atoms with van der Waals surface area (Å²) in [6.07, 6.45) is 2.34. The lowest BCUT2D eigenvalue weighted by molar-refractivity contribution is 0.134. The highest BCUT2D eigenvalue weighted by molar-refractivity contribution is 5.80. The molecule has 2 N–H and O–H groups in total. The van der Waals surface area contributed by atoms with Crippen LogP contribution in [0.25, 0.3) is 0 Å². The Kier molecular flexibility index (Phi) is 7.57. The van der Waals surface area contributed by atoms with Gasteiger partial charge in [0.1, 0.15) is 0 Å². The summed E-state index contributed by atoms with van der Waals surface area (Å²) in [4.78, 5) is 7.29. The van der Waals surface area contributed by atoms with Gasteiger partial charge in [-0.1, -0.05) is 44.2 Å². The summed E-state index contributed by atoms with van der Waals surface area (Å²) in [5.74, 6) is 1.56. The number of rotatable bonds is 6. The lowest BCUT2D eigenvalue weighted by atomic mass is 9.97. The van der Waals surface area contributed by atoms with Crippen LogP contribution in [0.4, 0.5) is 0 Å². The Hall–Kier alpha value is -1.55. The Morgan fingerprint density at radius 3 is 2.67 bits per heavy atom. The predicted molar refractivity (Wildman–Crippen MR) is 103 cm³/mol. The largest absolute Gasteiger partial charge is 0.357 e. The maximum absolute atomic E-state index is 4.70. The highest BCUT2D eigenvalue weighted by atomic mass is 15.2. The van der Waals surface area contributed by atoms with Gasteiger partial charge in [0.25, 0.3) is 0 Å². The van der Waals surface area contributed by atoms with E-state index in [2.05, 4.69) is 73.6 Å². The molecule has 2 atom stereocenters. The van der Waals surface area contributed by atoms with E-state index in [0.717, 1.165) is 32.1 Å². The van der Waals surface area contributed by atoms with E-state index in [1.165, 1.54) is 18.4 Å². The van der Waals surface area contributed by atoms with Crippen molar-refractivity contribution in [1.82, 2.24) is 15.5 Å². The van der Waals surface area contributed by atoms with Crippen LogP contribution < -0.4 is 10.6 Å². The molecule has 2 unspecified atom stereocenters. The number of benzene rings is 1. The van der Waals surface area contributed by atoms with Gasteiger partial charge >= 0.3 is 0 Å². The van der Waals surface area contributed by atoms with Gasteiger partial charge < -0.3 is 10.6 Å². The molecule has 134 valence electrons. The van der Waals surface area contributed by atoms with Gasteiger partial charge in [0.15, 0.2) is 5.96 Å². The molecular formula is C20H34N4. The van der Waals surface area contributed by atoms with Gasteiger partial charge in [-0.05, 0) is 38.2 Å². The van der Waals surface area contributed by atoms with E-state index in [1.807, 2.05) is 0 Å². The Balaban J connectivity index is 1.86. The zero-order valence-electron chi connectivity index (χ0n) is 15.8. The summed E-state index contributed by atoms with van der Waals surface area (Å²) >= 11 is 0. The van der Waals surface area contributed by atoms with Crippen LogP contribution in [-0.4, -0.2) is 42.6 Å². The standard InChI is InChI=1S/C20H34N4/c1-5-21-20(22-14-16(2)3)23-19-11-12-24(17(4)13-19)15-18-9-7-6-8-10-18/h6-10,16-17,19H,5,11-15H2,1-4H3,(H2,21,22,23). The maximum atomic E-state index is 4.70. The van der Waals surface area contributed by atoms with Crippen molar-refractivity contribution in [2.75, 3.05) is 19.6 Å². The third kappa shape index (κ3) is 6.16. The molecule has 2 rings (SSSR count). The van der Waals surface area contributed by atoms with Gasteiger partial charge in [0.05, 0.1) is 0 Å². The minimum Gasteiger partial charge on any atom is -0.357 e. The monoisotopic (exact) mass is 330 g/mol. The van der Waals surface area contributed by atoms with Crippen LogP contribution in [0, 0.1) is 5.92 Å². The summed E-state index contributed by atoms with van der Waals surface area (Å²) in [6.45, 7) is 12.8. The molecule has 1 heterocycles. The molecule has 0 bridgehead atoms. The molecule has 1 aromatic carbocycles. The van der Waals surface area contributed by atoms with Gasteiger partial charge in [0, 0.05) is 38.3 Å². The highest BCUT2D eigenvalue weighted by Crippen LogP contribution is 2.19. The fourth-order valence-electron chi connectivity index (χ4n) is 3.19. The second kappa shape index (κ2) is 9.67. The van der Waals surface area contributed by atoms with Gasteiger partial charge in [-0.2, -0.15) is 0 Å². The quantitative estimate of drug-likeness (QED) is 0.621. The van der Waals surface area contributed by atoms with Crippen LogP contribution in [0.1, 0.15) is 46.1 Å². The van der Waals surface area contributed by atoms with E-state index in [1.54, 1.807) is 0 Å². The van der Waals surface area contributed by atoms with Crippen LogP contribution in [0.15, 0.2) is 35.3 Å². The molecular weight excluding hydrogens is 296 g/mol. The van der Waals surface area contributed by atoms with Crippen LogP contribution >= 0.6 is 0 Å². The topological polar surface area (TPSA) is 39.7 Å². The van der Waals surface area contributed by atoms with Crippen LogP contribution in [-0.2, 0) is 6.54 Å². The first-order chi connectivity index (χ1) is 11.6. The van der Waals surface area contributed by atoms with Gasteiger partial charge in [-0.3, -0.25) is 9.89 Å². The SMILES string of the molecule is CCNC(=NCC(C)C)NC1CCN(Cc2ccccc2)C(C)C1. The molecule has 1 saturated heterocycles. The fraction of sp³-hybridized carbons (Fsp3) is 0.650. The van der Waals surface area contributed by atoms with E-state index in [-0.39, 0.29) is 0 Å². The number of piperidine rings is 1. The molecule has 0 aromatic heterocycles. The van der Waals surface area contributed by atoms with E-state index in [4.69, 9.17) is 4.99 Å². The number of nitrogens with zero attached hydrogens (tertiary/aromatic N) is 2. The van der Waals surface area contributed by atoms with E-state index < -0.39 is 0 Å². The zero-order valence-corrected chi connectivity index (χ0v) is 15.8. The minimum absolute atomic E-state index is 0.511. The summed E-state index contributed by atoms with van der Waals surface area (Å²) in [5.41, 5.74) is 1.41. The molecule has 4 heteroatoms. The van der Waals surface area contributed by atoms with Crippen molar-refractivity contribution >= 4 is 5.96 Å². The molecule has 1 fully saturated rings. The normalized spacial score (nSPS) is 22.6. The zero-order chi connectivity index (χ0) is 17.4. The summed E-state index contributed by atoms with van der Waals surface area (Å²) in [6, 6.07) is 11.9. The Bertz CT molecular complexity index is 498. The first kappa shape index (κ1) is 18.8. The second-order valence-corrected chi connectivity index (χ2v) is 7.28. The van der Waals surface area contributed by atoms with Crippen molar-refractivity contribution in [2.45, 2.75) is 59.2 Å². The maximum Gasteiger partial charge on any atom is 0.191 e. The molecule has 0 amide bonds. The Morgan fingerprint density at radius 1 is 1.29 bits per heavy atom. The van der Waals surface area contributed by atoms with Gasteiger partial charge in [-0.25, -0.2) is 0 Å². The smallest absolute Gasteiger partial charge is 0.191 e. The van der Waals surface area contributed by atoms with Gasteiger partial charge in [0.2, 0.25) is 0 Å². The summed E-state index contributed by atoms with van der Waals surface area (Å²) in [5, 5.41) is 7.02. The Morgan fingerprint density at radius 2 is 2.04 bits per heavy atom. The van der Waals surface area contributed by atoms with Crippen molar-refractivity contribution < 1.29 is 0 Å².